The fraction of sp³-hybridized carbons (Fsp3) is 0.333. The minimum Gasteiger partial charge on any atom is -0.494 e. The Morgan fingerprint density at radius 2 is 1.77 bits per heavy atom. The molecule has 0 saturated heterocycles. The predicted molar refractivity (Wildman–Crippen MR) is 104 cm³/mol. The number of aryl methyl sites for hydroxylation is 2. The van der Waals surface area contributed by atoms with E-state index in [1.807, 2.05) is 32.0 Å². The maximum absolute atomic E-state index is 12.2. The van der Waals surface area contributed by atoms with E-state index in [0.717, 1.165) is 35.4 Å². The Morgan fingerprint density at radius 3 is 2.42 bits per heavy atom. The molecule has 2 aromatic rings. The first-order valence-electron chi connectivity index (χ1n) is 8.87. The summed E-state index contributed by atoms with van der Waals surface area (Å²) >= 11 is 0. The molecule has 0 saturated carbocycles. The largest absolute Gasteiger partial charge is 0.494 e. The van der Waals surface area contributed by atoms with Gasteiger partial charge in [0.1, 0.15) is 5.75 Å². The molecule has 0 aliphatic carbocycles. The van der Waals surface area contributed by atoms with Crippen molar-refractivity contribution in [2.24, 2.45) is 0 Å². The number of carbonyl (C=O) groups is 2. The Morgan fingerprint density at radius 1 is 1.04 bits per heavy atom. The fourth-order valence-electron chi connectivity index (χ4n) is 2.45. The summed E-state index contributed by atoms with van der Waals surface area (Å²) < 4.78 is 5.57. The third-order valence-corrected chi connectivity index (χ3v) is 3.95. The zero-order chi connectivity index (χ0) is 18.9. The number of carbonyl (C=O) groups excluding carboxylic acids is 2. The summed E-state index contributed by atoms with van der Waals surface area (Å²) in [6, 6.07) is 12.7. The number of ether oxygens (including phenoxy) is 1. The van der Waals surface area contributed by atoms with Gasteiger partial charge in [-0.05, 0) is 56.2 Å². The zero-order valence-electron chi connectivity index (χ0n) is 15.6. The van der Waals surface area contributed by atoms with Crippen molar-refractivity contribution in [1.82, 2.24) is 5.32 Å². The molecule has 0 bridgehead atoms. The zero-order valence-corrected chi connectivity index (χ0v) is 15.6. The van der Waals surface area contributed by atoms with E-state index >= 15 is 0 Å². The van der Waals surface area contributed by atoms with Gasteiger partial charge in [0.05, 0.1) is 13.2 Å². The fourth-order valence-corrected chi connectivity index (χ4v) is 2.45. The molecule has 0 aliphatic rings. The van der Waals surface area contributed by atoms with Gasteiger partial charge in [0.25, 0.3) is 5.91 Å². The van der Waals surface area contributed by atoms with Crippen LogP contribution in [-0.4, -0.2) is 25.0 Å². The molecule has 0 radical (unpaired) electrons. The Hall–Kier alpha value is -2.82. The Bertz CT molecular complexity index is 754. The maximum Gasteiger partial charge on any atom is 0.251 e. The molecule has 5 heteroatoms. The number of hydrogen-bond acceptors (Lipinski definition) is 3. The van der Waals surface area contributed by atoms with Crippen LogP contribution in [0.2, 0.25) is 0 Å². The van der Waals surface area contributed by atoms with Crippen LogP contribution < -0.4 is 15.4 Å². The van der Waals surface area contributed by atoms with Gasteiger partial charge in [0.15, 0.2) is 0 Å². The topological polar surface area (TPSA) is 67.4 Å². The number of amides is 2. The first kappa shape index (κ1) is 19.5. The summed E-state index contributed by atoms with van der Waals surface area (Å²) in [5, 5.41) is 5.44. The van der Waals surface area contributed by atoms with Crippen molar-refractivity contribution < 1.29 is 14.3 Å². The van der Waals surface area contributed by atoms with E-state index < -0.39 is 0 Å². The van der Waals surface area contributed by atoms with Crippen molar-refractivity contribution in [2.45, 2.75) is 33.6 Å². The van der Waals surface area contributed by atoms with Crippen molar-refractivity contribution >= 4 is 17.5 Å². The summed E-state index contributed by atoms with van der Waals surface area (Å²) in [6.45, 7) is 6.62. The summed E-state index contributed by atoms with van der Waals surface area (Å²) in [7, 11) is 0. The second kappa shape index (κ2) is 9.61. The average molecular weight is 354 g/mol. The van der Waals surface area contributed by atoms with Crippen LogP contribution in [0.3, 0.4) is 0 Å². The Labute approximate surface area is 154 Å². The highest BCUT2D eigenvalue weighted by Gasteiger charge is 2.09. The van der Waals surface area contributed by atoms with E-state index in [4.69, 9.17) is 4.74 Å². The molecule has 2 N–H and O–H groups in total. The molecule has 2 rings (SSSR count). The number of unbranched alkanes of at least 4 members (excludes halogenated alkanes) is 1. The molecule has 0 spiro atoms. The Balaban J connectivity index is 1.82. The molecule has 2 amide bonds. The number of anilines is 1. The summed E-state index contributed by atoms with van der Waals surface area (Å²) in [5.41, 5.74) is 3.37. The van der Waals surface area contributed by atoms with E-state index in [0.29, 0.717) is 12.2 Å². The van der Waals surface area contributed by atoms with Crippen molar-refractivity contribution in [3.05, 3.63) is 59.2 Å². The second-order valence-electron chi connectivity index (χ2n) is 6.28. The lowest BCUT2D eigenvalue weighted by atomic mass is 10.1. The van der Waals surface area contributed by atoms with Gasteiger partial charge in [-0.1, -0.05) is 31.0 Å². The lowest BCUT2D eigenvalue weighted by Gasteiger charge is -2.10. The molecular weight excluding hydrogens is 328 g/mol. The maximum atomic E-state index is 12.2. The first-order chi connectivity index (χ1) is 12.5. The highest BCUT2D eigenvalue weighted by Crippen LogP contribution is 2.16. The lowest BCUT2D eigenvalue weighted by Crippen LogP contribution is -2.32. The smallest absolute Gasteiger partial charge is 0.251 e. The second-order valence-corrected chi connectivity index (χ2v) is 6.28. The van der Waals surface area contributed by atoms with Gasteiger partial charge in [-0.3, -0.25) is 9.59 Å². The molecule has 2 aromatic carbocycles. The highest BCUT2D eigenvalue weighted by molar-refractivity contribution is 5.99. The average Bonchev–Trinajstić information content (AvgIpc) is 2.63. The minimum absolute atomic E-state index is 0.0824. The van der Waals surface area contributed by atoms with Gasteiger partial charge >= 0.3 is 0 Å². The first-order valence-corrected chi connectivity index (χ1v) is 8.87. The lowest BCUT2D eigenvalue weighted by molar-refractivity contribution is -0.115. The van der Waals surface area contributed by atoms with Crippen molar-refractivity contribution in [2.75, 3.05) is 18.5 Å². The van der Waals surface area contributed by atoms with E-state index in [2.05, 4.69) is 17.6 Å². The molecule has 26 heavy (non-hydrogen) atoms. The number of nitrogens with one attached hydrogen (secondary N) is 2. The third-order valence-electron chi connectivity index (χ3n) is 3.95. The van der Waals surface area contributed by atoms with Gasteiger partial charge in [-0.15, -0.1) is 0 Å². The van der Waals surface area contributed by atoms with E-state index in [1.54, 1.807) is 24.3 Å². The Kier molecular flexibility index (Phi) is 7.21. The standard InChI is InChI=1S/C21H26N2O3/c1-4-5-12-26-18-9-7-17(8-10-18)21(25)22-14-20(24)23-19-11-6-15(2)13-16(19)3/h6-11,13H,4-5,12,14H2,1-3H3,(H,22,25)(H,23,24). The van der Waals surface area contributed by atoms with E-state index in [-0.39, 0.29) is 18.4 Å². The normalized spacial score (nSPS) is 10.3. The highest BCUT2D eigenvalue weighted by atomic mass is 16.5. The van der Waals surface area contributed by atoms with Crippen molar-refractivity contribution in [3.63, 3.8) is 0 Å². The van der Waals surface area contributed by atoms with Gasteiger partial charge in [-0.2, -0.15) is 0 Å². The quantitative estimate of drug-likeness (QED) is 0.708. The van der Waals surface area contributed by atoms with E-state index in [1.165, 1.54) is 0 Å². The summed E-state index contributed by atoms with van der Waals surface area (Å²) in [6.07, 6.45) is 2.07. The molecule has 0 fully saturated rings. The molecule has 0 atom stereocenters. The van der Waals surface area contributed by atoms with Crippen LogP contribution in [0.15, 0.2) is 42.5 Å². The molecule has 0 heterocycles. The van der Waals surface area contributed by atoms with Crippen LogP contribution in [-0.2, 0) is 4.79 Å². The summed E-state index contributed by atoms with van der Waals surface area (Å²) in [5.74, 6) is 0.188. The number of hydrogen-bond donors (Lipinski definition) is 2. The van der Waals surface area contributed by atoms with Crippen molar-refractivity contribution in [3.8, 4) is 5.75 Å². The van der Waals surface area contributed by atoms with Crippen LogP contribution in [0.4, 0.5) is 5.69 Å². The van der Waals surface area contributed by atoms with Gasteiger partial charge in [0, 0.05) is 11.3 Å². The minimum atomic E-state index is -0.291. The third kappa shape index (κ3) is 5.92. The molecule has 0 aliphatic heterocycles. The summed E-state index contributed by atoms with van der Waals surface area (Å²) in [4.78, 5) is 24.2. The monoisotopic (exact) mass is 354 g/mol. The van der Waals surface area contributed by atoms with Gasteiger partial charge < -0.3 is 15.4 Å². The molecule has 0 aromatic heterocycles. The van der Waals surface area contributed by atoms with Crippen LogP contribution in [0.25, 0.3) is 0 Å². The number of rotatable bonds is 8. The molecule has 0 unspecified atom stereocenters. The van der Waals surface area contributed by atoms with E-state index in [9.17, 15) is 9.59 Å². The van der Waals surface area contributed by atoms with Gasteiger partial charge in [0.2, 0.25) is 5.91 Å². The SMILES string of the molecule is CCCCOc1ccc(C(=O)NCC(=O)Nc2ccc(C)cc2C)cc1. The van der Waals surface area contributed by atoms with Crippen LogP contribution >= 0.6 is 0 Å². The van der Waals surface area contributed by atoms with Gasteiger partial charge in [-0.25, -0.2) is 0 Å². The number of benzene rings is 2. The van der Waals surface area contributed by atoms with Crippen LogP contribution in [0, 0.1) is 13.8 Å². The van der Waals surface area contributed by atoms with Crippen molar-refractivity contribution in [1.29, 1.82) is 0 Å². The van der Waals surface area contributed by atoms with Crippen LogP contribution in [0.1, 0.15) is 41.3 Å². The van der Waals surface area contributed by atoms with Crippen LogP contribution in [0.5, 0.6) is 5.75 Å². The molecular formula is C21H26N2O3. The molecule has 138 valence electrons. The molecule has 5 nitrogen and oxygen atoms in total. The predicted octanol–water partition coefficient (Wildman–Crippen LogP) is 3.85.